The Morgan fingerprint density at radius 1 is 0.951 bits per heavy atom. The van der Waals surface area contributed by atoms with Gasteiger partial charge in [0.2, 0.25) is 28.6 Å². The number of anilines is 1. The van der Waals surface area contributed by atoms with Gasteiger partial charge in [-0.3, -0.25) is 13.9 Å². The van der Waals surface area contributed by atoms with Gasteiger partial charge in [0.1, 0.15) is 12.6 Å². The van der Waals surface area contributed by atoms with Gasteiger partial charge >= 0.3 is 0 Å². The lowest BCUT2D eigenvalue weighted by Gasteiger charge is -2.33. The Bertz CT molecular complexity index is 1500. The van der Waals surface area contributed by atoms with Crippen molar-refractivity contribution in [2.45, 2.75) is 32.4 Å². The van der Waals surface area contributed by atoms with Crippen LogP contribution >= 0.6 is 23.2 Å². The molecule has 1 aliphatic rings. The highest BCUT2D eigenvalue weighted by Crippen LogP contribution is 2.36. The lowest BCUT2D eigenvalue weighted by atomic mass is 10.0. The van der Waals surface area contributed by atoms with E-state index in [9.17, 15) is 18.0 Å². The van der Waals surface area contributed by atoms with E-state index >= 15 is 0 Å². The minimum atomic E-state index is -3.92. The molecule has 0 saturated heterocycles. The van der Waals surface area contributed by atoms with E-state index in [1.807, 2.05) is 37.3 Å². The van der Waals surface area contributed by atoms with Crippen molar-refractivity contribution < 1.29 is 27.5 Å². The van der Waals surface area contributed by atoms with Crippen molar-refractivity contribution in [2.75, 3.05) is 30.4 Å². The number of ether oxygens (including phenoxy) is 2. The van der Waals surface area contributed by atoms with Crippen molar-refractivity contribution in [1.82, 2.24) is 10.2 Å². The van der Waals surface area contributed by atoms with Crippen LogP contribution < -0.4 is 19.1 Å². The zero-order valence-electron chi connectivity index (χ0n) is 22.7. The predicted molar refractivity (Wildman–Crippen MR) is 159 cm³/mol. The summed E-state index contributed by atoms with van der Waals surface area (Å²) >= 11 is 12.4. The molecule has 1 unspecified atom stereocenters. The number of rotatable bonds is 12. The molecular weight excluding hydrogens is 589 g/mol. The first kappa shape index (κ1) is 30.5. The molecule has 3 aromatic carbocycles. The molecule has 0 aliphatic carbocycles. The van der Waals surface area contributed by atoms with Gasteiger partial charge in [0.15, 0.2) is 11.5 Å². The molecule has 0 bridgehead atoms. The van der Waals surface area contributed by atoms with E-state index in [1.165, 1.54) is 11.0 Å². The first-order valence-electron chi connectivity index (χ1n) is 13.0. The number of sulfonamides is 1. The van der Waals surface area contributed by atoms with Gasteiger partial charge in [-0.25, -0.2) is 8.42 Å². The second-order valence-corrected chi connectivity index (χ2v) is 12.3. The fourth-order valence-corrected chi connectivity index (χ4v) is 5.57. The number of halogens is 2. The number of hydrogen-bond donors (Lipinski definition) is 1. The van der Waals surface area contributed by atoms with E-state index in [0.29, 0.717) is 40.1 Å². The molecule has 1 N–H and O–H groups in total. The smallest absolute Gasteiger partial charge is 0.244 e. The lowest BCUT2D eigenvalue weighted by Crippen LogP contribution is -2.53. The number of hydrogen-bond acceptors (Lipinski definition) is 6. The number of carbonyl (C=O) groups excluding carboxylic acids is 2. The van der Waals surface area contributed by atoms with Crippen LogP contribution in [0.4, 0.5) is 5.69 Å². The van der Waals surface area contributed by atoms with Gasteiger partial charge in [-0.2, -0.15) is 0 Å². The third kappa shape index (κ3) is 7.84. The molecule has 2 amide bonds. The molecule has 0 aromatic heterocycles. The van der Waals surface area contributed by atoms with Crippen LogP contribution in [0.5, 0.6) is 11.5 Å². The monoisotopic (exact) mass is 619 g/mol. The van der Waals surface area contributed by atoms with E-state index in [0.717, 1.165) is 16.1 Å². The summed E-state index contributed by atoms with van der Waals surface area (Å²) in [5.74, 6) is -0.0766. The van der Waals surface area contributed by atoms with Crippen molar-refractivity contribution in [2.24, 2.45) is 0 Å². The van der Waals surface area contributed by atoms with Crippen LogP contribution in [0, 0.1) is 0 Å². The molecule has 1 atom stereocenters. The fourth-order valence-electron chi connectivity index (χ4n) is 4.41. The highest BCUT2D eigenvalue weighted by atomic mass is 35.5. The summed E-state index contributed by atoms with van der Waals surface area (Å²) in [6.45, 7) is 1.81. The zero-order chi connectivity index (χ0) is 29.6. The molecule has 0 radical (unpaired) electrons. The average molecular weight is 621 g/mol. The standard InChI is InChI=1S/C29H31Cl2N3O6S/c1-3-13-32-29(36)25(15-20-7-5-4-6-8-20)33(17-21-9-11-23(30)24(31)14-21)28(35)18-34(41(2,37)38)22-10-12-26-27(16-22)40-19-39-26/h4-12,14,16,25H,3,13,15,17-19H2,1-2H3,(H,32,36). The maximum atomic E-state index is 14.1. The Labute approximate surface area is 250 Å². The van der Waals surface area contributed by atoms with Crippen LogP contribution in [0.15, 0.2) is 66.7 Å². The van der Waals surface area contributed by atoms with Crippen molar-refractivity contribution in [3.05, 3.63) is 87.9 Å². The molecule has 4 rings (SSSR count). The third-order valence-corrected chi connectivity index (χ3v) is 8.36. The topological polar surface area (TPSA) is 105 Å². The second-order valence-electron chi connectivity index (χ2n) is 9.57. The summed E-state index contributed by atoms with van der Waals surface area (Å²) in [7, 11) is -3.92. The molecule has 1 aliphatic heterocycles. The third-order valence-electron chi connectivity index (χ3n) is 6.48. The SMILES string of the molecule is CCCNC(=O)C(Cc1ccccc1)N(Cc1ccc(Cl)c(Cl)c1)C(=O)CN(c1ccc2c(c1)OCO2)S(C)(=O)=O. The number of benzene rings is 3. The van der Waals surface area contributed by atoms with Crippen molar-refractivity contribution in [1.29, 1.82) is 0 Å². The maximum Gasteiger partial charge on any atom is 0.244 e. The second kappa shape index (κ2) is 13.5. The largest absolute Gasteiger partial charge is 0.454 e. The summed E-state index contributed by atoms with van der Waals surface area (Å²) in [6.07, 6.45) is 1.94. The van der Waals surface area contributed by atoms with Gasteiger partial charge in [-0.15, -0.1) is 0 Å². The minimum Gasteiger partial charge on any atom is -0.454 e. The number of nitrogens with zero attached hydrogens (tertiary/aromatic N) is 2. The Balaban J connectivity index is 1.73. The molecule has 218 valence electrons. The minimum absolute atomic E-state index is 0.00842. The van der Waals surface area contributed by atoms with Crippen LogP contribution in [0.1, 0.15) is 24.5 Å². The van der Waals surface area contributed by atoms with E-state index in [2.05, 4.69) is 5.32 Å². The van der Waals surface area contributed by atoms with Gasteiger partial charge in [0.25, 0.3) is 0 Å². The quantitative estimate of drug-likeness (QED) is 0.316. The summed E-state index contributed by atoms with van der Waals surface area (Å²) in [5.41, 5.74) is 1.70. The van der Waals surface area contributed by atoms with Crippen molar-refractivity contribution in [3.63, 3.8) is 0 Å². The molecule has 3 aromatic rings. The molecule has 0 spiro atoms. The van der Waals surface area contributed by atoms with Crippen molar-refractivity contribution >= 4 is 50.7 Å². The first-order chi connectivity index (χ1) is 19.6. The zero-order valence-corrected chi connectivity index (χ0v) is 25.0. The number of nitrogens with one attached hydrogen (secondary N) is 1. The highest BCUT2D eigenvalue weighted by Gasteiger charge is 2.33. The molecule has 9 nitrogen and oxygen atoms in total. The van der Waals surface area contributed by atoms with Gasteiger partial charge < -0.3 is 19.7 Å². The molecule has 0 saturated carbocycles. The predicted octanol–water partition coefficient (Wildman–Crippen LogP) is 4.65. The van der Waals surface area contributed by atoms with Gasteiger partial charge in [0.05, 0.1) is 22.0 Å². The molecule has 1 heterocycles. The van der Waals surface area contributed by atoms with E-state index in [-0.39, 0.29) is 31.4 Å². The molecule has 12 heteroatoms. The Morgan fingerprint density at radius 2 is 1.68 bits per heavy atom. The van der Waals surface area contributed by atoms with Gasteiger partial charge in [0, 0.05) is 25.6 Å². The normalized spacial score (nSPS) is 13.0. The fraction of sp³-hybridized carbons (Fsp3) is 0.310. The first-order valence-corrected chi connectivity index (χ1v) is 15.6. The lowest BCUT2D eigenvalue weighted by molar-refractivity contribution is -0.140. The van der Waals surface area contributed by atoms with E-state index in [4.69, 9.17) is 32.7 Å². The van der Waals surface area contributed by atoms with E-state index < -0.39 is 28.5 Å². The molecular formula is C29H31Cl2N3O6S. The van der Waals surface area contributed by atoms with Crippen LogP contribution in [0.2, 0.25) is 10.0 Å². The van der Waals surface area contributed by atoms with Crippen molar-refractivity contribution in [3.8, 4) is 11.5 Å². The molecule has 0 fully saturated rings. The average Bonchev–Trinajstić information content (AvgIpc) is 3.42. The number of amides is 2. The van der Waals surface area contributed by atoms with Crippen LogP contribution in [-0.2, 0) is 32.6 Å². The van der Waals surface area contributed by atoms with Gasteiger partial charge in [-0.1, -0.05) is 66.5 Å². The Morgan fingerprint density at radius 3 is 2.37 bits per heavy atom. The maximum absolute atomic E-state index is 14.1. The Kier molecular flexibility index (Phi) is 10.0. The van der Waals surface area contributed by atoms with E-state index in [1.54, 1.807) is 30.3 Å². The van der Waals surface area contributed by atoms with Crippen LogP contribution in [0.25, 0.3) is 0 Å². The number of carbonyl (C=O) groups is 2. The van der Waals surface area contributed by atoms with Crippen LogP contribution in [-0.4, -0.2) is 57.3 Å². The Hall–Kier alpha value is -3.47. The molecule has 41 heavy (non-hydrogen) atoms. The van der Waals surface area contributed by atoms with Crippen LogP contribution in [0.3, 0.4) is 0 Å². The number of fused-ring (bicyclic) bond motifs is 1. The summed E-state index contributed by atoms with van der Waals surface area (Å²) in [5, 5.41) is 3.54. The summed E-state index contributed by atoms with van der Waals surface area (Å²) in [6, 6.07) is 18.0. The summed E-state index contributed by atoms with van der Waals surface area (Å²) in [4.78, 5) is 29.0. The summed E-state index contributed by atoms with van der Waals surface area (Å²) < 4.78 is 37.6. The highest BCUT2D eigenvalue weighted by molar-refractivity contribution is 7.92. The van der Waals surface area contributed by atoms with Gasteiger partial charge in [-0.05, 0) is 41.8 Å².